The number of ether oxygens (including phenoxy) is 1. The molecule has 1 amide bonds. The molecule has 0 radical (unpaired) electrons. The molecule has 0 saturated carbocycles. The van der Waals surface area contributed by atoms with Crippen molar-refractivity contribution in [3.8, 4) is 0 Å². The SMILES string of the molecule is Cc1ccc(C(=O)NCC2(C)CCCO2)c(Br)c1. The fourth-order valence-electron chi connectivity index (χ4n) is 2.14. The molecule has 3 nitrogen and oxygen atoms in total. The van der Waals surface area contributed by atoms with Gasteiger partial charge in [0.25, 0.3) is 5.91 Å². The number of hydrogen-bond donors (Lipinski definition) is 1. The zero-order valence-electron chi connectivity index (χ0n) is 10.8. The summed E-state index contributed by atoms with van der Waals surface area (Å²) in [5.41, 5.74) is 1.60. The van der Waals surface area contributed by atoms with Gasteiger partial charge >= 0.3 is 0 Å². The van der Waals surface area contributed by atoms with Crippen LogP contribution < -0.4 is 5.32 Å². The van der Waals surface area contributed by atoms with Gasteiger partial charge in [0, 0.05) is 17.6 Å². The highest BCUT2D eigenvalue weighted by Crippen LogP contribution is 2.24. The van der Waals surface area contributed by atoms with Crippen LogP contribution in [0.5, 0.6) is 0 Å². The Morgan fingerprint density at radius 1 is 1.56 bits per heavy atom. The molecule has 0 bridgehead atoms. The first kappa shape index (κ1) is 13.6. The van der Waals surface area contributed by atoms with E-state index in [-0.39, 0.29) is 11.5 Å². The number of hydrogen-bond acceptors (Lipinski definition) is 2. The lowest BCUT2D eigenvalue weighted by Crippen LogP contribution is -2.40. The largest absolute Gasteiger partial charge is 0.373 e. The molecule has 1 aromatic carbocycles. The van der Waals surface area contributed by atoms with E-state index in [0.717, 1.165) is 29.5 Å². The molecule has 1 aliphatic heterocycles. The highest BCUT2D eigenvalue weighted by atomic mass is 79.9. The van der Waals surface area contributed by atoms with Gasteiger partial charge in [-0.2, -0.15) is 0 Å². The van der Waals surface area contributed by atoms with E-state index in [1.165, 1.54) is 0 Å². The van der Waals surface area contributed by atoms with Gasteiger partial charge in [-0.05, 0) is 60.3 Å². The Bertz CT molecular complexity index is 453. The molecule has 1 aromatic rings. The van der Waals surface area contributed by atoms with Crippen LogP contribution in [0.1, 0.15) is 35.7 Å². The van der Waals surface area contributed by atoms with Crippen molar-refractivity contribution in [3.63, 3.8) is 0 Å². The van der Waals surface area contributed by atoms with Gasteiger partial charge < -0.3 is 10.1 Å². The van der Waals surface area contributed by atoms with E-state index in [1.54, 1.807) is 0 Å². The fourth-order valence-corrected chi connectivity index (χ4v) is 2.82. The van der Waals surface area contributed by atoms with Crippen LogP contribution in [-0.4, -0.2) is 24.7 Å². The quantitative estimate of drug-likeness (QED) is 0.931. The molecule has 1 aliphatic rings. The van der Waals surface area contributed by atoms with Gasteiger partial charge in [0.1, 0.15) is 0 Å². The van der Waals surface area contributed by atoms with Crippen molar-refractivity contribution in [1.82, 2.24) is 5.32 Å². The van der Waals surface area contributed by atoms with Gasteiger partial charge in [-0.1, -0.05) is 6.07 Å². The standard InChI is InChI=1S/C14H18BrNO2/c1-10-4-5-11(12(15)8-10)13(17)16-9-14(2)6-3-7-18-14/h4-5,8H,3,6-7,9H2,1-2H3,(H,16,17). The zero-order chi connectivity index (χ0) is 13.2. The van der Waals surface area contributed by atoms with Crippen molar-refractivity contribution in [2.24, 2.45) is 0 Å². The Morgan fingerprint density at radius 2 is 2.33 bits per heavy atom. The van der Waals surface area contributed by atoms with Crippen LogP contribution in [0.2, 0.25) is 0 Å². The fraction of sp³-hybridized carbons (Fsp3) is 0.500. The molecule has 1 atom stereocenters. The molecule has 1 unspecified atom stereocenters. The van der Waals surface area contributed by atoms with Crippen LogP contribution in [0, 0.1) is 6.92 Å². The minimum absolute atomic E-state index is 0.0569. The first-order chi connectivity index (χ1) is 8.50. The van der Waals surface area contributed by atoms with Crippen molar-refractivity contribution in [2.75, 3.05) is 13.2 Å². The molecule has 0 spiro atoms. The number of aryl methyl sites for hydroxylation is 1. The van der Waals surface area contributed by atoms with E-state index in [1.807, 2.05) is 32.0 Å². The van der Waals surface area contributed by atoms with Crippen molar-refractivity contribution in [3.05, 3.63) is 33.8 Å². The Kier molecular flexibility index (Phi) is 4.07. The van der Waals surface area contributed by atoms with E-state index in [2.05, 4.69) is 21.2 Å². The number of benzene rings is 1. The first-order valence-corrected chi connectivity index (χ1v) is 6.98. The van der Waals surface area contributed by atoms with Gasteiger partial charge in [0.15, 0.2) is 0 Å². The molecule has 4 heteroatoms. The first-order valence-electron chi connectivity index (χ1n) is 6.18. The van der Waals surface area contributed by atoms with Gasteiger partial charge in [0.2, 0.25) is 0 Å². The third-order valence-electron chi connectivity index (χ3n) is 3.29. The summed E-state index contributed by atoms with van der Waals surface area (Å²) in [7, 11) is 0. The van der Waals surface area contributed by atoms with Gasteiger partial charge in [-0.25, -0.2) is 0 Å². The molecule has 1 fully saturated rings. The van der Waals surface area contributed by atoms with Crippen LogP contribution in [-0.2, 0) is 4.74 Å². The Labute approximate surface area is 116 Å². The van der Waals surface area contributed by atoms with E-state index < -0.39 is 0 Å². The molecule has 1 N–H and O–H groups in total. The second kappa shape index (κ2) is 5.41. The third-order valence-corrected chi connectivity index (χ3v) is 3.95. The van der Waals surface area contributed by atoms with Gasteiger partial charge in [-0.15, -0.1) is 0 Å². The zero-order valence-corrected chi connectivity index (χ0v) is 12.3. The van der Waals surface area contributed by atoms with E-state index in [9.17, 15) is 4.79 Å². The third kappa shape index (κ3) is 3.12. The van der Waals surface area contributed by atoms with Crippen molar-refractivity contribution in [1.29, 1.82) is 0 Å². The minimum Gasteiger partial charge on any atom is -0.373 e. The van der Waals surface area contributed by atoms with Crippen LogP contribution in [0.25, 0.3) is 0 Å². The number of carbonyl (C=O) groups excluding carboxylic acids is 1. The Hall–Kier alpha value is -0.870. The second-order valence-electron chi connectivity index (χ2n) is 5.07. The summed E-state index contributed by atoms with van der Waals surface area (Å²) in [6.45, 7) is 5.40. The number of rotatable bonds is 3. The molecule has 0 aliphatic carbocycles. The summed E-state index contributed by atoms with van der Waals surface area (Å²) in [4.78, 5) is 12.1. The normalized spacial score (nSPS) is 23.1. The van der Waals surface area contributed by atoms with Crippen molar-refractivity contribution >= 4 is 21.8 Å². The van der Waals surface area contributed by atoms with Crippen molar-refractivity contribution in [2.45, 2.75) is 32.3 Å². The molecular weight excluding hydrogens is 294 g/mol. The van der Waals surface area contributed by atoms with Gasteiger partial charge in [-0.3, -0.25) is 4.79 Å². The van der Waals surface area contributed by atoms with E-state index in [0.29, 0.717) is 12.1 Å². The lowest BCUT2D eigenvalue weighted by Gasteiger charge is -2.23. The Balaban J connectivity index is 1.99. The summed E-state index contributed by atoms with van der Waals surface area (Å²) >= 11 is 3.42. The summed E-state index contributed by atoms with van der Waals surface area (Å²) in [5, 5.41) is 2.95. The molecule has 1 saturated heterocycles. The number of amides is 1. The second-order valence-corrected chi connectivity index (χ2v) is 5.92. The van der Waals surface area contributed by atoms with Crippen LogP contribution in [0.3, 0.4) is 0 Å². The topological polar surface area (TPSA) is 38.3 Å². The van der Waals surface area contributed by atoms with Crippen molar-refractivity contribution < 1.29 is 9.53 Å². The summed E-state index contributed by atoms with van der Waals surface area (Å²) in [5.74, 6) is -0.0569. The summed E-state index contributed by atoms with van der Waals surface area (Å²) in [6, 6.07) is 5.72. The molecular formula is C14H18BrNO2. The average molecular weight is 312 g/mol. The maximum Gasteiger partial charge on any atom is 0.252 e. The smallest absolute Gasteiger partial charge is 0.252 e. The maximum atomic E-state index is 12.1. The van der Waals surface area contributed by atoms with Crippen LogP contribution in [0.15, 0.2) is 22.7 Å². The molecule has 0 aromatic heterocycles. The van der Waals surface area contributed by atoms with E-state index in [4.69, 9.17) is 4.74 Å². The molecule has 18 heavy (non-hydrogen) atoms. The van der Waals surface area contributed by atoms with Gasteiger partial charge in [0.05, 0.1) is 11.2 Å². The maximum absolute atomic E-state index is 12.1. The van der Waals surface area contributed by atoms with Crippen LogP contribution >= 0.6 is 15.9 Å². The lowest BCUT2D eigenvalue weighted by molar-refractivity contribution is 0.0206. The highest BCUT2D eigenvalue weighted by Gasteiger charge is 2.30. The predicted molar refractivity (Wildman–Crippen MR) is 74.8 cm³/mol. The molecule has 98 valence electrons. The minimum atomic E-state index is -0.202. The number of carbonyl (C=O) groups is 1. The Morgan fingerprint density at radius 3 is 2.94 bits per heavy atom. The van der Waals surface area contributed by atoms with Crippen LogP contribution in [0.4, 0.5) is 0 Å². The summed E-state index contributed by atoms with van der Waals surface area (Å²) in [6.07, 6.45) is 2.07. The number of halogens is 1. The number of nitrogens with one attached hydrogen (secondary N) is 1. The highest BCUT2D eigenvalue weighted by molar-refractivity contribution is 9.10. The van der Waals surface area contributed by atoms with E-state index >= 15 is 0 Å². The average Bonchev–Trinajstić information content (AvgIpc) is 2.74. The monoisotopic (exact) mass is 311 g/mol. The molecule has 1 heterocycles. The lowest BCUT2D eigenvalue weighted by atomic mass is 10.0. The summed E-state index contributed by atoms with van der Waals surface area (Å²) < 4.78 is 6.48. The molecule has 2 rings (SSSR count). The predicted octanol–water partition coefficient (Wildman–Crippen LogP) is 3.06.